The maximum Gasteiger partial charge on any atom is 0.319 e. The number of pyridine rings is 1. The number of aromatic nitrogens is 3. The van der Waals surface area contributed by atoms with E-state index in [9.17, 15) is 4.39 Å². The van der Waals surface area contributed by atoms with Gasteiger partial charge in [0.1, 0.15) is 18.2 Å². The highest BCUT2D eigenvalue weighted by atomic mass is 35.5. The van der Waals surface area contributed by atoms with Crippen LogP contribution in [0.5, 0.6) is 6.01 Å². The Labute approximate surface area is 241 Å². The highest BCUT2D eigenvalue weighted by molar-refractivity contribution is 6.36. The van der Waals surface area contributed by atoms with E-state index in [1.165, 1.54) is 17.3 Å². The summed E-state index contributed by atoms with van der Waals surface area (Å²) in [6.45, 7) is 1.48. The van der Waals surface area contributed by atoms with E-state index < -0.39 is 12.1 Å². The number of halogens is 3. The lowest BCUT2D eigenvalue weighted by Gasteiger charge is -2.33. The predicted molar refractivity (Wildman–Crippen MR) is 158 cm³/mol. The largest absolute Gasteiger partial charge is 0.462 e. The number of hydrogen-bond acceptors (Lipinski definition) is 6. The summed E-state index contributed by atoms with van der Waals surface area (Å²) in [4.78, 5) is 17.2. The number of nitrogens with zero attached hydrogens (tertiary/aromatic N) is 5. The van der Waals surface area contributed by atoms with Crippen molar-refractivity contribution in [1.82, 2.24) is 19.9 Å². The highest BCUT2D eigenvalue weighted by Gasteiger charge is 2.31. The first-order valence-electron chi connectivity index (χ1n) is 13.8. The van der Waals surface area contributed by atoms with E-state index in [2.05, 4.69) is 16.9 Å². The van der Waals surface area contributed by atoms with Gasteiger partial charge in [-0.3, -0.25) is 4.98 Å². The van der Waals surface area contributed by atoms with Crippen LogP contribution in [0.4, 0.5) is 14.6 Å². The third-order valence-corrected chi connectivity index (χ3v) is 8.63. The van der Waals surface area contributed by atoms with E-state index in [-0.39, 0.29) is 25.0 Å². The van der Waals surface area contributed by atoms with E-state index >= 15 is 4.39 Å². The monoisotopic (exact) mass is 571 g/mol. The summed E-state index contributed by atoms with van der Waals surface area (Å²) < 4.78 is 36.6. The Morgan fingerprint density at radius 1 is 1.07 bits per heavy atom. The topological polar surface area (TPSA) is 54.4 Å². The molecule has 2 aliphatic heterocycles. The van der Waals surface area contributed by atoms with Crippen LogP contribution in [0.3, 0.4) is 0 Å². The average Bonchev–Trinajstić information content (AvgIpc) is 3.39. The minimum atomic E-state index is -1.41. The molecule has 0 aliphatic carbocycles. The minimum Gasteiger partial charge on any atom is -0.462 e. The quantitative estimate of drug-likeness (QED) is 0.212. The zero-order valence-corrected chi connectivity index (χ0v) is 23.3. The first kappa shape index (κ1) is 26.0. The molecule has 2 aliphatic rings. The van der Waals surface area contributed by atoms with Gasteiger partial charge in [-0.1, -0.05) is 48.0 Å². The van der Waals surface area contributed by atoms with Crippen molar-refractivity contribution in [2.45, 2.75) is 38.1 Å². The van der Waals surface area contributed by atoms with Gasteiger partial charge in [0, 0.05) is 40.0 Å². The lowest BCUT2D eigenvalue weighted by molar-refractivity contribution is 0.188. The number of hydrogen-bond donors (Lipinski definition) is 0. The van der Waals surface area contributed by atoms with Gasteiger partial charge in [-0.2, -0.15) is 9.97 Å². The Morgan fingerprint density at radius 3 is 2.76 bits per heavy atom. The van der Waals surface area contributed by atoms with Crippen molar-refractivity contribution in [2.75, 3.05) is 25.1 Å². The standard InChI is InChI=1S/C32H28ClF2N5O/c1-39-12-4-7-22(39)18-41-32-37-28-13-20(23-8-2-5-19-6-3-9-26(33)30(19)23)10-11-24(28)31(38-32)40-17-25-21(14-29(40)35)15-36-16-27(25)34/h2-3,5-6,8-11,13,15-16,22,29H,4,7,12,14,17-18H2,1H3/t22-,29+/m0/s1. The molecule has 0 saturated carbocycles. The molecule has 208 valence electrons. The Bertz CT molecular complexity index is 1780. The number of alkyl halides is 1. The average molecular weight is 572 g/mol. The van der Waals surface area contributed by atoms with Gasteiger partial charge in [-0.15, -0.1) is 0 Å². The van der Waals surface area contributed by atoms with Gasteiger partial charge in [-0.05, 0) is 66.7 Å². The molecule has 4 heterocycles. The lowest BCUT2D eigenvalue weighted by atomic mass is 9.97. The molecule has 6 nitrogen and oxygen atoms in total. The Balaban J connectivity index is 1.35. The second-order valence-electron chi connectivity index (χ2n) is 10.8. The smallest absolute Gasteiger partial charge is 0.319 e. The predicted octanol–water partition coefficient (Wildman–Crippen LogP) is 6.97. The van der Waals surface area contributed by atoms with Gasteiger partial charge < -0.3 is 14.5 Å². The molecule has 0 radical (unpaired) electrons. The van der Waals surface area contributed by atoms with Crippen LogP contribution in [0.2, 0.25) is 5.02 Å². The zero-order chi connectivity index (χ0) is 28.1. The molecule has 0 spiro atoms. The molecule has 41 heavy (non-hydrogen) atoms. The molecule has 0 bridgehead atoms. The van der Waals surface area contributed by atoms with Gasteiger partial charge >= 0.3 is 6.01 Å². The molecule has 3 aromatic carbocycles. The number of anilines is 1. The van der Waals surface area contributed by atoms with Crippen molar-refractivity contribution in [1.29, 1.82) is 0 Å². The second-order valence-corrected chi connectivity index (χ2v) is 11.2. The number of benzene rings is 3. The fraction of sp³-hybridized carbons (Fsp3) is 0.281. The van der Waals surface area contributed by atoms with E-state index in [0.717, 1.165) is 41.3 Å². The molecule has 0 unspecified atom stereocenters. The van der Waals surface area contributed by atoms with E-state index in [0.29, 0.717) is 39.5 Å². The number of rotatable bonds is 5. The summed E-state index contributed by atoms with van der Waals surface area (Å²) in [5.41, 5.74) is 3.50. The Hall–Kier alpha value is -3.88. The first-order valence-corrected chi connectivity index (χ1v) is 14.2. The molecule has 7 rings (SSSR count). The van der Waals surface area contributed by atoms with Gasteiger partial charge in [0.25, 0.3) is 0 Å². The summed E-state index contributed by atoms with van der Waals surface area (Å²) in [6.07, 6.45) is 3.46. The fourth-order valence-corrected chi connectivity index (χ4v) is 6.35. The van der Waals surface area contributed by atoms with Gasteiger partial charge in [0.15, 0.2) is 6.30 Å². The maximum absolute atomic E-state index is 15.7. The third kappa shape index (κ3) is 4.75. The van der Waals surface area contributed by atoms with Crippen LogP contribution in [0.25, 0.3) is 32.8 Å². The van der Waals surface area contributed by atoms with Crippen molar-refractivity contribution in [2.24, 2.45) is 0 Å². The molecule has 9 heteroatoms. The van der Waals surface area contributed by atoms with Crippen LogP contribution in [-0.4, -0.2) is 52.4 Å². The second kappa shape index (κ2) is 10.5. The van der Waals surface area contributed by atoms with Crippen LogP contribution in [-0.2, 0) is 13.0 Å². The molecule has 0 amide bonds. The third-order valence-electron chi connectivity index (χ3n) is 8.32. The van der Waals surface area contributed by atoms with E-state index in [1.54, 1.807) is 0 Å². The van der Waals surface area contributed by atoms with Crippen LogP contribution in [0, 0.1) is 5.82 Å². The maximum atomic E-state index is 15.7. The normalized spacial score (nSPS) is 19.2. The van der Waals surface area contributed by atoms with Crippen LogP contribution in [0.1, 0.15) is 24.0 Å². The summed E-state index contributed by atoms with van der Waals surface area (Å²) in [5.74, 6) is -0.0738. The zero-order valence-electron chi connectivity index (χ0n) is 22.5. The van der Waals surface area contributed by atoms with E-state index in [4.69, 9.17) is 26.3 Å². The summed E-state index contributed by atoms with van der Waals surface area (Å²) in [5, 5.41) is 3.31. The molecular formula is C32H28ClF2N5O. The van der Waals surface area contributed by atoms with Gasteiger partial charge in [0.05, 0.1) is 18.3 Å². The lowest BCUT2D eigenvalue weighted by Crippen LogP contribution is -2.39. The SMILES string of the molecule is CN1CCC[C@H]1COc1nc(N2Cc3c(F)cncc3C[C@@H]2F)c2ccc(-c3cccc4cccc(Cl)c34)cc2n1. The summed E-state index contributed by atoms with van der Waals surface area (Å²) in [6, 6.07) is 18.2. The molecular weight excluding hydrogens is 544 g/mol. The highest BCUT2D eigenvalue weighted by Crippen LogP contribution is 2.38. The fourth-order valence-electron chi connectivity index (χ4n) is 6.06. The number of ether oxygens (including phenoxy) is 1. The van der Waals surface area contributed by atoms with Crippen LogP contribution in [0.15, 0.2) is 67.0 Å². The van der Waals surface area contributed by atoms with Crippen molar-refractivity contribution in [3.63, 3.8) is 0 Å². The molecule has 1 fully saturated rings. The minimum absolute atomic E-state index is 0.0151. The number of likely N-dealkylation sites (N-methyl/N-ethyl adjacent to an activating group) is 1. The van der Waals surface area contributed by atoms with Crippen molar-refractivity contribution in [3.8, 4) is 17.1 Å². The van der Waals surface area contributed by atoms with E-state index in [1.807, 2.05) is 54.6 Å². The summed E-state index contributed by atoms with van der Waals surface area (Å²) in [7, 11) is 2.08. The van der Waals surface area contributed by atoms with Crippen molar-refractivity contribution in [3.05, 3.63) is 89.0 Å². The van der Waals surface area contributed by atoms with Gasteiger partial charge in [-0.25, -0.2) is 8.78 Å². The van der Waals surface area contributed by atoms with Crippen molar-refractivity contribution >= 4 is 39.1 Å². The van der Waals surface area contributed by atoms with Crippen LogP contribution >= 0.6 is 11.6 Å². The van der Waals surface area contributed by atoms with Crippen LogP contribution < -0.4 is 9.64 Å². The number of fused-ring (bicyclic) bond motifs is 3. The summed E-state index contributed by atoms with van der Waals surface area (Å²) >= 11 is 6.63. The molecule has 2 aromatic heterocycles. The van der Waals surface area contributed by atoms with Crippen molar-refractivity contribution < 1.29 is 13.5 Å². The Morgan fingerprint density at radius 2 is 1.93 bits per heavy atom. The molecule has 5 aromatic rings. The van der Waals surface area contributed by atoms with Gasteiger partial charge in [0.2, 0.25) is 0 Å². The molecule has 1 saturated heterocycles. The first-order chi connectivity index (χ1) is 20.0. The molecule has 0 N–H and O–H groups in total. The molecule has 2 atom stereocenters. The Kier molecular flexibility index (Phi) is 6.67. The number of likely N-dealkylation sites (tertiary alicyclic amines) is 1.